The Balaban J connectivity index is 1.24. The van der Waals surface area contributed by atoms with Gasteiger partial charge in [-0.3, -0.25) is 9.59 Å². The molecule has 212 valence electrons. The number of phenolic OH excluding ortho intramolecular Hbond substituents is 1. The Kier molecular flexibility index (Phi) is 10.9. The molecule has 39 heavy (non-hydrogen) atoms. The number of rotatable bonds is 13. The molecule has 2 aromatic carbocycles. The van der Waals surface area contributed by atoms with Gasteiger partial charge in [-0.1, -0.05) is 55.6 Å². The first-order valence-corrected chi connectivity index (χ1v) is 15.0. The summed E-state index contributed by atoms with van der Waals surface area (Å²) in [5.41, 5.74) is 2.05. The number of carbonyl (C=O) groups is 1. The minimum Gasteiger partial charge on any atom is -0.506 e. The molecule has 1 amide bonds. The van der Waals surface area contributed by atoms with Crippen LogP contribution < -0.4 is 10.2 Å². The van der Waals surface area contributed by atoms with E-state index in [2.05, 4.69) is 15.2 Å². The second kappa shape index (κ2) is 14.6. The lowest BCUT2D eigenvalue weighted by molar-refractivity contribution is -0.133. The number of hydrogen-bond donors (Lipinski definition) is 3. The fourth-order valence-corrected chi connectivity index (χ4v) is 6.43. The molecule has 1 aliphatic rings. The van der Waals surface area contributed by atoms with Crippen molar-refractivity contribution in [2.45, 2.75) is 83.1 Å². The summed E-state index contributed by atoms with van der Waals surface area (Å²) in [4.78, 5) is 29.7. The molecule has 0 radical (unpaired) electrons. The lowest BCUT2D eigenvalue weighted by Gasteiger charge is -2.31. The second-order valence-corrected chi connectivity index (χ2v) is 11.5. The van der Waals surface area contributed by atoms with E-state index >= 15 is 0 Å². The summed E-state index contributed by atoms with van der Waals surface area (Å²) in [6, 6.07) is 7.45. The molecule has 0 bridgehead atoms. The van der Waals surface area contributed by atoms with Gasteiger partial charge in [-0.15, -0.1) is 0 Å². The van der Waals surface area contributed by atoms with Gasteiger partial charge in [-0.2, -0.15) is 0 Å². The van der Waals surface area contributed by atoms with Gasteiger partial charge < -0.3 is 20.3 Å². The van der Waals surface area contributed by atoms with Gasteiger partial charge in [0.2, 0.25) is 5.91 Å². The van der Waals surface area contributed by atoms with Crippen molar-refractivity contribution < 1.29 is 18.7 Å². The summed E-state index contributed by atoms with van der Waals surface area (Å²) in [5, 5.41) is 13.2. The van der Waals surface area contributed by atoms with E-state index < -0.39 is 11.6 Å². The molecule has 1 heterocycles. The number of benzene rings is 2. The number of nitrogens with one attached hydrogen (secondary N) is 2. The predicted molar refractivity (Wildman–Crippen MR) is 152 cm³/mol. The number of phenols is 1. The highest BCUT2D eigenvalue weighted by atomic mass is 32.1. The van der Waals surface area contributed by atoms with Crippen LogP contribution in [-0.2, 0) is 17.6 Å². The highest BCUT2D eigenvalue weighted by Gasteiger charge is 2.24. The number of aromatic amines is 1. The number of aromatic hydroxyl groups is 1. The highest BCUT2D eigenvalue weighted by Crippen LogP contribution is 2.29. The van der Waals surface area contributed by atoms with E-state index in [4.69, 9.17) is 0 Å². The summed E-state index contributed by atoms with van der Waals surface area (Å²) in [7, 11) is 0. The van der Waals surface area contributed by atoms with Crippen molar-refractivity contribution in [1.29, 1.82) is 0 Å². The van der Waals surface area contributed by atoms with Gasteiger partial charge >= 0.3 is 4.87 Å². The van der Waals surface area contributed by atoms with Gasteiger partial charge in [0.1, 0.15) is 22.9 Å². The van der Waals surface area contributed by atoms with Crippen molar-refractivity contribution in [2.24, 2.45) is 0 Å². The third-order valence-electron chi connectivity index (χ3n) is 7.67. The minimum absolute atomic E-state index is 0.0989. The smallest absolute Gasteiger partial charge is 0.305 e. The lowest BCUT2D eigenvalue weighted by Crippen LogP contribution is -2.42. The maximum absolute atomic E-state index is 13.8. The van der Waals surface area contributed by atoms with Crippen LogP contribution in [0.2, 0.25) is 0 Å². The molecule has 4 rings (SSSR count). The zero-order chi connectivity index (χ0) is 27.6. The van der Waals surface area contributed by atoms with Crippen molar-refractivity contribution in [1.82, 2.24) is 15.2 Å². The van der Waals surface area contributed by atoms with E-state index in [-0.39, 0.29) is 16.5 Å². The van der Waals surface area contributed by atoms with E-state index in [1.807, 2.05) is 6.07 Å². The van der Waals surface area contributed by atoms with Crippen molar-refractivity contribution in [2.75, 3.05) is 19.6 Å². The summed E-state index contributed by atoms with van der Waals surface area (Å²) in [5.74, 6) is -0.849. The molecule has 0 atom stereocenters. The largest absolute Gasteiger partial charge is 0.506 e. The molecule has 3 aromatic rings. The van der Waals surface area contributed by atoms with E-state index in [0.717, 1.165) is 85.6 Å². The number of aryl methyl sites for hydroxylation is 1. The molecule has 0 spiro atoms. The van der Waals surface area contributed by atoms with Gasteiger partial charge in [0.15, 0.2) is 0 Å². The third kappa shape index (κ3) is 8.35. The summed E-state index contributed by atoms with van der Waals surface area (Å²) in [6.45, 7) is 1.80. The quantitative estimate of drug-likeness (QED) is 0.176. The van der Waals surface area contributed by atoms with Gasteiger partial charge in [-0.05, 0) is 68.3 Å². The van der Waals surface area contributed by atoms with Crippen LogP contribution in [0.15, 0.2) is 35.1 Å². The fraction of sp³-hybridized carbons (Fsp3) is 0.533. The van der Waals surface area contributed by atoms with E-state index in [1.54, 1.807) is 6.07 Å². The maximum Gasteiger partial charge on any atom is 0.305 e. The van der Waals surface area contributed by atoms with Gasteiger partial charge in [0, 0.05) is 31.6 Å². The number of aromatic nitrogens is 1. The van der Waals surface area contributed by atoms with E-state index in [9.17, 15) is 23.5 Å². The van der Waals surface area contributed by atoms with Gasteiger partial charge in [0.05, 0.1) is 4.70 Å². The Morgan fingerprint density at radius 3 is 2.54 bits per heavy atom. The summed E-state index contributed by atoms with van der Waals surface area (Å²) in [6.07, 6.45) is 11.4. The molecule has 1 aliphatic carbocycles. The molecule has 0 unspecified atom stereocenters. The third-order valence-corrected chi connectivity index (χ3v) is 8.63. The van der Waals surface area contributed by atoms with Crippen LogP contribution >= 0.6 is 11.3 Å². The maximum atomic E-state index is 13.8. The molecule has 0 saturated heterocycles. The number of H-pyrrole nitrogens is 1. The number of amides is 1. The number of halogens is 2. The molecule has 0 aliphatic heterocycles. The van der Waals surface area contributed by atoms with Crippen LogP contribution in [0, 0.1) is 11.6 Å². The summed E-state index contributed by atoms with van der Waals surface area (Å²) < 4.78 is 27.8. The normalized spacial score (nSPS) is 14.5. The van der Waals surface area contributed by atoms with Crippen molar-refractivity contribution in [3.8, 4) is 5.75 Å². The van der Waals surface area contributed by atoms with E-state index in [1.165, 1.54) is 25.0 Å². The Morgan fingerprint density at radius 2 is 1.77 bits per heavy atom. The zero-order valence-electron chi connectivity index (χ0n) is 22.4. The Morgan fingerprint density at radius 1 is 1.00 bits per heavy atom. The number of hydrogen-bond acceptors (Lipinski definition) is 5. The number of carbonyl (C=O) groups excluding carboxylic acids is 1. The van der Waals surface area contributed by atoms with Crippen LogP contribution in [0.25, 0.3) is 10.2 Å². The van der Waals surface area contributed by atoms with Crippen LogP contribution in [0.1, 0.15) is 75.3 Å². The Hall–Kier alpha value is -2.78. The summed E-state index contributed by atoms with van der Waals surface area (Å²) >= 11 is 1.13. The first-order chi connectivity index (χ1) is 18.9. The minimum atomic E-state index is -0.579. The number of unbranched alkanes of at least 4 members (excludes halogenated alkanes) is 2. The molecule has 3 N–H and O–H groups in total. The Labute approximate surface area is 232 Å². The van der Waals surface area contributed by atoms with E-state index in [0.29, 0.717) is 43.1 Å². The molecular weight excluding hydrogens is 520 g/mol. The topological polar surface area (TPSA) is 85.4 Å². The SMILES string of the molecule is O=C(CCNCCc1ccc(F)cc1F)N(CCCCCc1ccc(O)c2[nH]c(=O)sc12)C1CCCCCC1. The molecule has 9 heteroatoms. The van der Waals surface area contributed by atoms with Crippen LogP contribution in [0.4, 0.5) is 8.78 Å². The van der Waals surface area contributed by atoms with Crippen LogP contribution in [0.5, 0.6) is 5.75 Å². The predicted octanol–water partition coefficient (Wildman–Crippen LogP) is 6.06. The van der Waals surface area contributed by atoms with Gasteiger partial charge in [0.25, 0.3) is 0 Å². The number of thiazole rings is 1. The van der Waals surface area contributed by atoms with Crippen LogP contribution in [-0.4, -0.2) is 46.6 Å². The standard InChI is InChI=1S/C30H39F2N3O3S/c31-23-13-11-21(25(32)20-23)15-17-33-18-16-27(37)35(24-9-5-1-2-6-10-24)19-7-3-4-8-22-12-14-26(36)28-29(22)39-30(38)34-28/h11-14,20,24,33,36H,1-10,15-19H2,(H,34,38). The second-order valence-electron chi connectivity index (χ2n) is 10.5. The molecular formula is C30H39F2N3O3S. The average Bonchev–Trinajstić information content (AvgIpc) is 3.12. The molecule has 1 fully saturated rings. The lowest BCUT2D eigenvalue weighted by atomic mass is 10.0. The van der Waals surface area contributed by atoms with Crippen molar-refractivity contribution >= 4 is 27.5 Å². The monoisotopic (exact) mass is 559 g/mol. The fourth-order valence-electron chi connectivity index (χ4n) is 5.54. The van der Waals surface area contributed by atoms with Crippen molar-refractivity contribution in [3.63, 3.8) is 0 Å². The number of nitrogens with zero attached hydrogens (tertiary/aromatic N) is 1. The van der Waals surface area contributed by atoms with Gasteiger partial charge in [-0.25, -0.2) is 8.78 Å². The average molecular weight is 560 g/mol. The van der Waals surface area contributed by atoms with Crippen LogP contribution in [0.3, 0.4) is 0 Å². The Bertz CT molecular complexity index is 1280. The number of fused-ring (bicyclic) bond motifs is 1. The van der Waals surface area contributed by atoms with Crippen molar-refractivity contribution in [3.05, 3.63) is 62.8 Å². The molecule has 1 aromatic heterocycles. The molecule has 6 nitrogen and oxygen atoms in total. The zero-order valence-corrected chi connectivity index (χ0v) is 23.3. The first kappa shape index (κ1) is 29.2. The molecule has 1 saturated carbocycles. The highest BCUT2D eigenvalue weighted by molar-refractivity contribution is 7.16. The first-order valence-electron chi connectivity index (χ1n) is 14.2.